The minimum Gasteiger partial charge on any atom is -0.277 e. The van der Waals surface area contributed by atoms with Crippen molar-refractivity contribution in [3.8, 4) is 0 Å². The van der Waals surface area contributed by atoms with Crippen LogP contribution in [-0.4, -0.2) is 28.8 Å². The molecule has 1 saturated heterocycles. The molecule has 1 saturated carbocycles. The predicted octanol–water partition coefficient (Wildman–Crippen LogP) is 2.12. The number of barbiturate groups is 1. The molecule has 1 N–H and O–H groups in total. The maximum atomic E-state index is 12.9. The van der Waals surface area contributed by atoms with Gasteiger partial charge in [-0.15, -0.1) is 0 Å². The molecule has 2 aliphatic carbocycles. The molecule has 108 valence electrons. The van der Waals surface area contributed by atoms with Gasteiger partial charge in [0.15, 0.2) is 0 Å². The molecule has 3 aliphatic rings. The third kappa shape index (κ3) is 1.96. The number of urea groups is 1. The molecule has 0 bridgehead atoms. The Balaban J connectivity index is 1.91. The molecule has 1 aliphatic heterocycles. The standard InChI is InChI=1S/C15H20N2O3/c18-12-15(9-5-1-2-6-10-15)13(19)17(14(20)16-12)11-7-3-4-8-11/h3-4,11H,1-2,5-10H2,(H,16,18,20). The number of amides is 4. The van der Waals surface area contributed by atoms with E-state index in [-0.39, 0.29) is 17.9 Å². The summed E-state index contributed by atoms with van der Waals surface area (Å²) in [6.45, 7) is 0. The van der Waals surface area contributed by atoms with Gasteiger partial charge in [0.1, 0.15) is 5.41 Å². The predicted molar refractivity (Wildman–Crippen MR) is 72.7 cm³/mol. The van der Waals surface area contributed by atoms with Gasteiger partial charge in [-0.1, -0.05) is 37.8 Å². The van der Waals surface area contributed by atoms with E-state index in [1.54, 1.807) is 0 Å². The largest absolute Gasteiger partial charge is 0.331 e. The molecule has 0 atom stereocenters. The van der Waals surface area contributed by atoms with Crippen molar-refractivity contribution in [2.75, 3.05) is 0 Å². The van der Waals surface area contributed by atoms with Gasteiger partial charge in [-0.05, 0) is 25.7 Å². The lowest BCUT2D eigenvalue weighted by molar-refractivity contribution is -0.154. The van der Waals surface area contributed by atoms with Gasteiger partial charge >= 0.3 is 6.03 Å². The van der Waals surface area contributed by atoms with Crippen molar-refractivity contribution in [1.82, 2.24) is 10.2 Å². The Morgan fingerprint density at radius 2 is 1.60 bits per heavy atom. The number of carbonyl (C=O) groups is 3. The number of hydrogen-bond acceptors (Lipinski definition) is 3. The smallest absolute Gasteiger partial charge is 0.277 e. The van der Waals surface area contributed by atoms with Gasteiger partial charge in [-0.2, -0.15) is 0 Å². The number of rotatable bonds is 1. The van der Waals surface area contributed by atoms with Crippen LogP contribution in [0.15, 0.2) is 12.2 Å². The summed E-state index contributed by atoms with van der Waals surface area (Å²) in [7, 11) is 0. The average Bonchev–Trinajstić information content (AvgIpc) is 2.81. The van der Waals surface area contributed by atoms with Crippen molar-refractivity contribution in [3.05, 3.63) is 12.2 Å². The zero-order valence-electron chi connectivity index (χ0n) is 11.6. The Morgan fingerprint density at radius 3 is 2.20 bits per heavy atom. The molecule has 0 aromatic rings. The third-order valence-corrected chi connectivity index (χ3v) is 4.81. The Labute approximate surface area is 118 Å². The fourth-order valence-corrected chi connectivity index (χ4v) is 3.62. The SMILES string of the molecule is O=C1NC(=O)C2(CCCCCC2)C(=O)N1C1CC=CC1. The highest BCUT2D eigenvalue weighted by molar-refractivity contribution is 6.19. The molecule has 0 aromatic heterocycles. The van der Waals surface area contributed by atoms with Crippen LogP contribution in [0.1, 0.15) is 51.4 Å². The van der Waals surface area contributed by atoms with E-state index >= 15 is 0 Å². The molecule has 20 heavy (non-hydrogen) atoms. The molecule has 1 spiro atoms. The molecule has 4 amide bonds. The number of nitrogens with one attached hydrogen (secondary N) is 1. The van der Waals surface area contributed by atoms with Crippen LogP contribution in [0.3, 0.4) is 0 Å². The lowest BCUT2D eigenvalue weighted by atomic mass is 9.76. The Bertz CT molecular complexity index is 468. The van der Waals surface area contributed by atoms with Gasteiger partial charge in [-0.25, -0.2) is 4.79 Å². The van der Waals surface area contributed by atoms with Crippen molar-refractivity contribution in [2.24, 2.45) is 5.41 Å². The second-order valence-electron chi connectivity index (χ2n) is 6.03. The van der Waals surface area contributed by atoms with E-state index in [0.29, 0.717) is 25.7 Å². The summed E-state index contributed by atoms with van der Waals surface area (Å²) in [5.74, 6) is -0.640. The van der Waals surface area contributed by atoms with Crippen molar-refractivity contribution >= 4 is 17.8 Å². The first-order valence-electron chi connectivity index (χ1n) is 7.49. The molecule has 0 unspecified atom stereocenters. The molecule has 0 radical (unpaired) electrons. The first-order valence-corrected chi connectivity index (χ1v) is 7.49. The van der Waals surface area contributed by atoms with Gasteiger partial charge in [0.25, 0.3) is 0 Å². The minimum absolute atomic E-state index is 0.115. The number of nitrogens with zero attached hydrogens (tertiary/aromatic N) is 1. The van der Waals surface area contributed by atoms with E-state index in [9.17, 15) is 14.4 Å². The minimum atomic E-state index is -0.993. The third-order valence-electron chi connectivity index (χ3n) is 4.81. The Morgan fingerprint density at radius 1 is 1.00 bits per heavy atom. The van der Waals surface area contributed by atoms with Crippen LogP contribution >= 0.6 is 0 Å². The summed E-state index contributed by atoms with van der Waals surface area (Å²) in [6.07, 6.45) is 10.4. The van der Waals surface area contributed by atoms with E-state index < -0.39 is 11.4 Å². The highest BCUT2D eigenvalue weighted by atomic mass is 16.2. The van der Waals surface area contributed by atoms with Gasteiger partial charge in [0.05, 0.1) is 0 Å². The van der Waals surface area contributed by atoms with E-state index in [4.69, 9.17) is 0 Å². The van der Waals surface area contributed by atoms with E-state index in [0.717, 1.165) is 25.7 Å². The molecule has 1 heterocycles. The summed E-state index contributed by atoms with van der Waals surface area (Å²) < 4.78 is 0. The number of hydrogen-bond donors (Lipinski definition) is 1. The number of imide groups is 2. The maximum Gasteiger partial charge on any atom is 0.331 e. The summed E-state index contributed by atoms with van der Waals surface area (Å²) in [4.78, 5) is 38.6. The first kappa shape index (κ1) is 13.3. The molecule has 3 rings (SSSR count). The topological polar surface area (TPSA) is 66.5 Å². The van der Waals surface area contributed by atoms with Crippen LogP contribution in [0.25, 0.3) is 0 Å². The van der Waals surface area contributed by atoms with Crippen LogP contribution < -0.4 is 5.32 Å². The summed E-state index contributed by atoms with van der Waals surface area (Å²) in [5, 5.41) is 2.42. The Hall–Kier alpha value is -1.65. The zero-order chi connectivity index (χ0) is 14.2. The van der Waals surface area contributed by atoms with Gasteiger partial charge < -0.3 is 0 Å². The fraction of sp³-hybridized carbons (Fsp3) is 0.667. The lowest BCUT2D eigenvalue weighted by Gasteiger charge is -2.41. The normalized spacial score (nSPS) is 27.0. The highest BCUT2D eigenvalue weighted by Gasteiger charge is 2.54. The fourth-order valence-electron chi connectivity index (χ4n) is 3.62. The molecule has 2 fully saturated rings. The molecule has 5 nitrogen and oxygen atoms in total. The first-order chi connectivity index (χ1) is 9.65. The van der Waals surface area contributed by atoms with Crippen LogP contribution in [0.2, 0.25) is 0 Å². The number of carbonyl (C=O) groups excluding carboxylic acids is 3. The van der Waals surface area contributed by atoms with Crippen LogP contribution in [0.4, 0.5) is 4.79 Å². The molecule has 0 aromatic carbocycles. The summed E-state index contributed by atoms with van der Waals surface area (Å²) in [6, 6.07) is -0.653. The van der Waals surface area contributed by atoms with Gasteiger partial charge in [-0.3, -0.25) is 19.8 Å². The van der Waals surface area contributed by atoms with Crippen LogP contribution in [0, 0.1) is 5.41 Å². The maximum absolute atomic E-state index is 12.9. The Kier molecular flexibility index (Phi) is 3.36. The summed E-state index contributed by atoms with van der Waals surface area (Å²) >= 11 is 0. The molecule has 5 heteroatoms. The van der Waals surface area contributed by atoms with Crippen LogP contribution in [0.5, 0.6) is 0 Å². The van der Waals surface area contributed by atoms with E-state index in [1.165, 1.54) is 4.90 Å². The van der Waals surface area contributed by atoms with E-state index in [2.05, 4.69) is 5.32 Å². The zero-order valence-corrected chi connectivity index (χ0v) is 11.6. The average molecular weight is 276 g/mol. The lowest BCUT2D eigenvalue weighted by Crippen LogP contribution is -2.65. The monoisotopic (exact) mass is 276 g/mol. The van der Waals surface area contributed by atoms with Crippen molar-refractivity contribution in [1.29, 1.82) is 0 Å². The van der Waals surface area contributed by atoms with Crippen LogP contribution in [-0.2, 0) is 9.59 Å². The van der Waals surface area contributed by atoms with E-state index in [1.807, 2.05) is 12.2 Å². The van der Waals surface area contributed by atoms with Crippen molar-refractivity contribution < 1.29 is 14.4 Å². The van der Waals surface area contributed by atoms with Crippen molar-refractivity contribution in [2.45, 2.75) is 57.4 Å². The summed E-state index contributed by atoms with van der Waals surface area (Å²) in [5.41, 5.74) is -0.993. The second kappa shape index (κ2) is 5.04. The molecular weight excluding hydrogens is 256 g/mol. The quantitative estimate of drug-likeness (QED) is 0.589. The van der Waals surface area contributed by atoms with Gasteiger partial charge in [0.2, 0.25) is 11.8 Å². The highest BCUT2D eigenvalue weighted by Crippen LogP contribution is 2.40. The second-order valence-corrected chi connectivity index (χ2v) is 6.03. The van der Waals surface area contributed by atoms with Crippen molar-refractivity contribution in [3.63, 3.8) is 0 Å². The molecular formula is C15H20N2O3. The van der Waals surface area contributed by atoms with Gasteiger partial charge in [0, 0.05) is 6.04 Å².